The average Bonchev–Trinajstić information content (AvgIpc) is 3.39. The zero-order chi connectivity index (χ0) is 31.9. The summed E-state index contributed by atoms with van der Waals surface area (Å²) in [5.74, 6) is -2.32. The topological polar surface area (TPSA) is 134 Å². The summed E-state index contributed by atoms with van der Waals surface area (Å²) in [5, 5.41) is 18.5. The van der Waals surface area contributed by atoms with Crippen molar-refractivity contribution in [2.75, 3.05) is 6.54 Å². The summed E-state index contributed by atoms with van der Waals surface area (Å²) in [5.41, 5.74) is 1.97. The van der Waals surface area contributed by atoms with Gasteiger partial charge in [0.05, 0.1) is 0 Å². The fourth-order valence-electron chi connectivity index (χ4n) is 6.43. The van der Waals surface area contributed by atoms with Gasteiger partial charge in [-0.3, -0.25) is 9.59 Å². The van der Waals surface area contributed by atoms with E-state index in [4.69, 9.17) is 16.3 Å². The van der Waals surface area contributed by atoms with Crippen LogP contribution in [-0.4, -0.2) is 47.6 Å². The molecule has 2 fully saturated rings. The molecule has 4 atom stereocenters. The van der Waals surface area contributed by atoms with Crippen molar-refractivity contribution < 1.29 is 29.0 Å². The minimum absolute atomic E-state index is 0.0171. The van der Waals surface area contributed by atoms with Crippen LogP contribution < -0.4 is 16.0 Å². The summed E-state index contributed by atoms with van der Waals surface area (Å²) in [6.07, 6.45) is 4.43. The number of aryl methyl sites for hydroxylation is 1. The van der Waals surface area contributed by atoms with E-state index >= 15 is 0 Å². The molecule has 1 unspecified atom stereocenters. The number of alkyl carbamates (subject to hydrolysis) is 1. The number of amides is 3. The minimum atomic E-state index is -1.26. The Kier molecular flexibility index (Phi) is 11.3. The Hall–Kier alpha value is -3.59. The lowest BCUT2D eigenvalue weighted by Gasteiger charge is -2.35. The minimum Gasteiger partial charge on any atom is -0.480 e. The highest BCUT2D eigenvalue weighted by atomic mass is 35.5. The van der Waals surface area contributed by atoms with Crippen LogP contribution in [0, 0.1) is 18.8 Å². The third kappa shape index (κ3) is 8.74. The zero-order valence-electron chi connectivity index (χ0n) is 25.7. The molecule has 9 nitrogen and oxygen atoms in total. The number of halogens is 1. The number of carboxylic acid groups (broad SMARTS) is 1. The molecule has 2 aromatic rings. The number of aliphatic carboxylic acids is 1. The number of benzene rings is 2. The van der Waals surface area contributed by atoms with Crippen molar-refractivity contribution >= 4 is 35.5 Å². The van der Waals surface area contributed by atoms with Crippen molar-refractivity contribution in [1.29, 1.82) is 0 Å². The first-order chi connectivity index (χ1) is 20.9. The molecular weight excluding hydrogens is 582 g/mol. The van der Waals surface area contributed by atoms with Crippen molar-refractivity contribution in [3.8, 4) is 0 Å². The number of hydrogen-bond donors (Lipinski definition) is 4. The van der Waals surface area contributed by atoms with E-state index in [1.54, 1.807) is 6.07 Å². The third-order valence-corrected chi connectivity index (χ3v) is 9.23. The number of rotatable bonds is 12. The third-order valence-electron chi connectivity index (χ3n) is 8.99. The number of carboxylic acids is 1. The number of hydrogen-bond acceptors (Lipinski definition) is 5. The van der Waals surface area contributed by atoms with E-state index in [9.17, 15) is 24.3 Å². The zero-order valence-corrected chi connectivity index (χ0v) is 26.5. The van der Waals surface area contributed by atoms with Gasteiger partial charge in [0.15, 0.2) is 0 Å². The number of carbonyl (C=O) groups excluding carboxylic acids is 3. The highest BCUT2D eigenvalue weighted by molar-refractivity contribution is 6.30. The van der Waals surface area contributed by atoms with Gasteiger partial charge in [-0.25, -0.2) is 9.59 Å². The lowest BCUT2D eigenvalue weighted by molar-refractivity contribution is -0.143. The SMILES string of the molecule is Cc1cccc(C(OC(=O)N[C@@H](CC2CCCCC2)C(=O)N[C@@H](C[C@@H]2CCNC2=O)C(=O)O)C(C)(C)c2cccc(Cl)c2)c1. The molecule has 238 valence electrons. The Labute approximate surface area is 264 Å². The van der Waals surface area contributed by atoms with Crippen molar-refractivity contribution in [2.24, 2.45) is 11.8 Å². The van der Waals surface area contributed by atoms with Gasteiger partial charge in [-0.15, -0.1) is 0 Å². The van der Waals surface area contributed by atoms with Crippen LogP contribution in [0.2, 0.25) is 5.02 Å². The molecule has 3 amide bonds. The molecule has 1 saturated carbocycles. The molecule has 1 aliphatic carbocycles. The van der Waals surface area contributed by atoms with Crippen LogP contribution in [0.4, 0.5) is 4.79 Å². The summed E-state index contributed by atoms with van der Waals surface area (Å²) in [6, 6.07) is 12.9. The van der Waals surface area contributed by atoms with Gasteiger partial charge in [0.2, 0.25) is 11.8 Å². The summed E-state index contributed by atoms with van der Waals surface area (Å²) < 4.78 is 6.15. The molecule has 1 aliphatic heterocycles. The number of ether oxygens (including phenoxy) is 1. The molecule has 1 saturated heterocycles. The van der Waals surface area contributed by atoms with Crippen molar-refractivity contribution in [3.63, 3.8) is 0 Å². The quantitative estimate of drug-likeness (QED) is 0.235. The van der Waals surface area contributed by atoms with E-state index < -0.39 is 47.5 Å². The average molecular weight is 626 g/mol. The Bertz CT molecular complexity index is 1340. The highest BCUT2D eigenvalue weighted by Gasteiger charge is 2.38. The molecule has 1 heterocycles. The normalized spacial score (nSPS) is 19.4. The molecule has 44 heavy (non-hydrogen) atoms. The fourth-order valence-corrected chi connectivity index (χ4v) is 6.62. The molecule has 2 aliphatic rings. The van der Waals surface area contributed by atoms with Gasteiger partial charge in [0.25, 0.3) is 0 Å². The van der Waals surface area contributed by atoms with Gasteiger partial charge >= 0.3 is 12.1 Å². The lowest BCUT2D eigenvalue weighted by atomic mass is 9.76. The molecule has 0 spiro atoms. The van der Waals surface area contributed by atoms with Crippen LogP contribution in [-0.2, 0) is 24.5 Å². The summed E-state index contributed by atoms with van der Waals surface area (Å²) >= 11 is 6.33. The second kappa shape index (κ2) is 14.9. The molecule has 0 bridgehead atoms. The van der Waals surface area contributed by atoms with Crippen LogP contribution >= 0.6 is 11.6 Å². The van der Waals surface area contributed by atoms with E-state index in [2.05, 4.69) is 16.0 Å². The van der Waals surface area contributed by atoms with Crippen molar-refractivity contribution in [3.05, 3.63) is 70.2 Å². The Morgan fingerprint density at radius 2 is 1.73 bits per heavy atom. The number of carbonyl (C=O) groups is 4. The molecule has 10 heteroatoms. The predicted octanol–water partition coefficient (Wildman–Crippen LogP) is 5.83. The van der Waals surface area contributed by atoms with Gasteiger partial charge < -0.3 is 25.8 Å². The van der Waals surface area contributed by atoms with E-state index in [0.717, 1.165) is 48.8 Å². The van der Waals surface area contributed by atoms with E-state index in [1.165, 1.54) is 0 Å². The van der Waals surface area contributed by atoms with Gasteiger partial charge in [0.1, 0.15) is 18.2 Å². The maximum atomic E-state index is 13.6. The highest BCUT2D eigenvalue weighted by Crippen LogP contribution is 2.41. The Balaban J connectivity index is 1.56. The van der Waals surface area contributed by atoms with E-state index in [0.29, 0.717) is 24.4 Å². The first kappa shape index (κ1) is 33.3. The predicted molar refractivity (Wildman–Crippen MR) is 168 cm³/mol. The Morgan fingerprint density at radius 3 is 2.36 bits per heavy atom. The van der Waals surface area contributed by atoms with E-state index in [1.807, 2.05) is 63.2 Å². The summed E-state index contributed by atoms with van der Waals surface area (Å²) in [7, 11) is 0. The van der Waals surface area contributed by atoms with Gasteiger partial charge in [-0.2, -0.15) is 0 Å². The summed E-state index contributed by atoms with van der Waals surface area (Å²) in [4.78, 5) is 51.5. The maximum absolute atomic E-state index is 13.6. The smallest absolute Gasteiger partial charge is 0.408 e. The molecule has 4 rings (SSSR count). The second-order valence-corrected chi connectivity index (χ2v) is 13.2. The first-order valence-electron chi connectivity index (χ1n) is 15.5. The fraction of sp³-hybridized carbons (Fsp3) is 0.529. The van der Waals surface area contributed by atoms with Gasteiger partial charge in [0, 0.05) is 22.9 Å². The van der Waals surface area contributed by atoms with Crippen LogP contribution in [0.5, 0.6) is 0 Å². The van der Waals surface area contributed by atoms with Gasteiger partial charge in [-0.05, 0) is 55.4 Å². The molecular formula is C34H44ClN3O6. The lowest BCUT2D eigenvalue weighted by Crippen LogP contribution is -2.53. The molecule has 0 radical (unpaired) electrons. The standard InChI is InChI=1S/C34H44ClN3O6/c1-21-9-7-12-23(17-21)29(34(2,3)25-13-8-14-26(35)20-25)44-33(43)38-27(18-22-10-5-4-6-11-22)31(40)37-28(32(41)42)19-24-15-16-36-30(24)39/h7-9,12-14,17,20,22,24,27-29H,4-6,10-11,15-16,18-19H2,1-3H3,(H,36,39)(H,37,40)(H,38,43)(H,41,42)/t24-,27-,28-,29?/m0/s1. The largest absolute Gasteiger partial charge is 0.480 e. The second-order valence-electron chi connectivity index (χ2n) is 12.8. The van der Waals surface area contributed by atoms with Crippen LogP contribution in [0.25, 0.3) is 0 Å². The van der Waals surface area contributed by atoms with Gasteiger partial charge in [-0.1, -0.05) is 99.5 Å². The molecule has 2 aromatic carbocycles. The molecule has 4 N–H and O–H groups in total. The number of nitrogens with one attached hydrogen (secondary N) is 3. The monoisotopic (exact) mass is 625 g/mol. The van der Waals surface area contributed by atoms with Crippen molar-refractivity contribution in [1.82, 2.24) is 16.0 Å². The van der Waals surface area contributed by atoms with Crippen molar-refractivity contribution in [2.45, 2.75) is 95.7 Å². The Morgan fingerprint density at radius 1 is 1.00 bits per heavy atom. The summed E-state index contributed by atoms with van der Waals surface area (Å²) in [6.45, 7) is 6.39. The molecule has 0 aromatic heterocycles. The first-order valence-corrected chi connectivity index (χ1v) is 15.9. The van der Waals surface area contributed by atoms with Crippen LogP contribution in [0.1, 0.15) is 88.0 Å². The van der Waals surface area contributed by atoms with Crippen LogP contribution in [0.15, 0.2) is 48.5 Å². The van der Waals surface area contributed by atoms with E-state index in [-0.39, 0.29) is 18.2 Å². The maximum Gasteiger partial charge on any atom is 0.408 e. The van der Waals surface area contributed by atoms with Crippen LogP contribution in [0.3, 0.4) is 0 Å².